The van der Waals surface area contributed by atoms with E-state index in [1.807, 2.05) is 0 Å². The maximum atomic E-state index is 2.26. The van der Waals surface area contributed by atoms with Crippen LogP contribution in [0.3, 0.4) is 0 Å². The van der Waals surface area contributed by atoms with Gasteiger partial charge in [0, 0.05) is 0 Å². The van der Waals surface area contributed by atoms with E-state index in [1.165, 1.54) is 75.0 Å². The molecule has 4 rings (SSSR count). The summed E-state index contributed by atoms with van der Waals surface area (Å²) >= 11 is 2.08. The molecule has 0 fully saturated rings. The van der Waals surface area contributed by atoms with E-state index in [1.54, 1.807) is 0 Å². The Kier molecular flexibility index (Phi) is 16.7. The van der Waals surface area contributed by atoms with Crippen LogP contribution >= 0.6 is 0 Å². The summed E-state index contributed by atoms with van der Waals surface area (Å²) in [5.41, 5.74) is 3.02. The first kappa shape index (κ1) is 30.8. The molecule has 0 aliphatic carbocycles. The van der Waals surface area contributed by atoms with Gasteiger partial charge >= 0.3 is 37.6 Å². The zero-order valence-electron chi connectivity index (χ0n) is 19.9. The largest absolute Gasteiger partial charge is 1.00 e. The monoisotopic (exact) mass is 502 g/mol. The second kappa shape index (κ2) is 17.3. The fraction of sp³-hybridized carbons (Fsp3) is 0.345. The van der Waals surface area contributed by atoms with Crippen molar-refractivity contribution in [2.45, 2.75) is 66.2 Å². The Morgan fingerprint density at radius 2 is 1.03 bits per heavy atom. The van der Waals surface area contributed by atoms with Crippen LogP contribution in [-0.4, -0.2) is 3.81 Å². The molecule has 0 saturated carbocycles. The van der Waals surface area contributed by atoms with Crippen LogP contribution in [0.15, 0.2) is 72.8 Å². The Morgan fingerprint density at radius 3 is 1.38 bits per heavy atom. The summed E-state index contributed by atoms with van der Waals surface area (Å²) < 4.78 is 1.42. The minimum absolute atomic E-state index is 0. The molecule has 32 heavy (non-hydrogen) atoms. The predicted molar refractivity (Wildman–Crippen MR) is 133 cm³/mol. The number of fused-ring (bicyclic) bond motifs is 2. The van der Waals surface area contributed by atoms with Gasteiger partial charge in [-0.15, -0.1) is 82.2 Å². The summed E-state index contributed by atoms with van der Waals surface area (Å²) in [6.07, 6.45) is 7.61. The normalized spacial score (nSPS) is 9.69. The standard InChI is InChI=1S/2C13H15.C3H6.2ClH.Ti/c2*1-2-3-6-11-9-10-12-7-4-5-8-13(11)12;1-3-2;;;/h2*4-5,7-10H,2-3,6H2,1H3;1-2H3;2*1H;/q2*-1;;;;+2/p-2. The maximum Gasteiger partial charge on any atom is -1.00 e. The number of hydrogen-bond donors (Lipinski definition) is 0. The molecule has 172 valence electrons. The summed E-state index contributed by atoms with van der Waals surface area (Å²) in [7, 11) is 0. The first-order valence-corrected chi connectivity index (χ1v) is 12.1. The third kappa shape index (κ3) is 10.2. The molecule has 0 atom stereocenters. The van der Waals surface area contributed by atoms with Crippen molar-refractivity contribution in [1.82, 2.24) is 0 Å². The quantitative estimate of drug-likeness (QED) is 0.281. The van der Waals surface area contributed by atoms with E-state index >= 15 is 0 Å². The van der Waals surface area contributed by atoms with Gasteiger partial charge in [-0.25, -0.2) is 0 Å². The average Bonchev–Trinajstić information content (AvgIpc) is 3.35. The van der Waals surface area contributed by atoms with E-state index in [-0.39, 0.29) is 24.8 Å². The molecule has 0 amide bonds. The average molecular weight is 503 g/mol. The fourth-order valence-corrected chi connectivity index (χ4v) is 3.60. The van der Waals surface area contributed by atoms with E-state index in [0.29, 0.717) is 0 Å². The van der Waals surface area contributed by atoms with E-state index in [9.17, 15) is 0 Å². The molecule has 0 saturated heterocycles. The predicted octanol–water partition coefficient (Wildman–Crippen LogP) is 2.56. The summed E-state index contributed by atoms with van der Waals surface area (Å²) in [5.74, 6) is 0. The second-order valence-corrected chi connectivity index (χ2v) is 9.66. The van der Waals surface area contributed by atoms with E-state index in [0.717, 1.165) is 0 Å². The molecule has 0 unspecified atom stereocenters. The van der Waals surface area contributed by atoms with Crippen molar-refractivity contribution in [3.05, 3.63) is 83.9 Å². The molecule has 0 heterocycles. The van der Waals surface area contributed by atoms with Crippen LogP contribution in [0.25, 0.3) is 21.5 Å². The number of hydrogen-bond acceptors (Lipinski definition) is 0. The Hall–Kier alpha value is -1.18. The first-order valence-electron chi connectivity index (χ1n) is 11.3. The third-order valence-electron chi connectivity index (χ3n) is 5.14. The molecule has 0 aliphatic heterocycles. The van der Waals surface area contributed by atoms with Gasteiger partial charge in [-0.05, 0) is 0 Å². The number of rotatable bonds is 6. The van der Waals surface area contributed by atoms with Crippen molar-refractivity contribution < 1.29 is 44.8 Å². The zero-order valence-corrected chi connectivity index (χ0v) is 23.0. The number of halogens is 2. The van der Waals surface area contributed by atoms with Gasteiger partial charge in [0.05, 0.1) is 0 Å². The molecular weight excluding hydrogens is 467 g/mol. The van der Waals surface area contributed by atoms with E-state index in [4.69, 9.17) is 0 Å². The van der Waals surface area contributed by atoms with Crippen molar-refractivity contribution >= 4 is 25.4 Å². The molecule has 0 radical (unpaired) electrons. The van der Waals surface area contributed by atoms with Crippen LogP contribution in [0.2, 0.25) is 0 Å². The van der Waals surface area contributed by atoms with Gasteiger partial charge in [0.25, 0.3) is 0 Å². The molecule has 3 heteroatoms. The van der Waals surface area contributed by atoms with E-state index < -0.39 is 0 Å². The van der Waals surface area contributed by atoms with Crippen molar-refractivity contribution in [3.63, 3.8) is 0 Å². The van der Waals surface area contributed by atoms with Crippen molar-refractivity contribution in [1.29, 1.82) is 0 Å². The number of benzene rings is 2. The Labute approximate surface area is 219 Å². The zero-order chi connectivity index (χ0) is 21.8. The third-order valence-corrected chi connectivity index (χ3v) is 5.14. The van der Waals surface area contributed by atoms with Crippen LogP contribution in [0, 0.1) is 0 Å². The van der Waals surface area contributed by atoms with Gasteiger partial charge in [0.2, 0.25) is 0 Å². The summed E-state index contributed by atoms with van der Waals surface area (Å²) in [4.78, 5) is 0. The molecule has 0 aliphatic rings. The Balaban J connectivity index is 0.000000490. The SMILES string of the molecule is CCCCc1c[cH-]c2ccccc12.CCCCc1c[cH-]c2ccccc12.C[C](C)=[Ti+2].[Cl-].[Cl-]. The fourth-order valence-electron chi connectivity index (χ4n) is 3.60. The topological polar surface area (TPSA) is 0 Å². The van der Waals surface area contributed by atoms with Crippen LogP contribution in [0.4, 0.5) is 0 Å². The summed E-state index contributed by atoms with van der Waals surface area (Å²) in [5, 5.41) is 5.65. The molecule has 4 aromatic rings. The van der Waals surface area contributed by atoms with Gasteiger partial charge in [0.1, 0.15) is 0 Å². The van der Waals surface area contributed by atoms with Crippen LogP contribution < -0.4 is 24.8 Å². The Morgan fingerprint density at radius 1 is 0.688 bits per heavy atom. The molecular formula is C29H36Cl2Ti-2. The molecule has 0 N–H and O–H groups in total. The van der Waals surface area contributed by atoms with Gasteiger partial charge in [-0.2, -0.15) is 11.1 Å². The van der Waals surface area contributed by atoms with E-state index in [2.05, 4.69) is 120 Å². The molecule has 4 aromatic carbocycles. The van der Waals surface area contributed by atoms with Gasteiger partial charge in [-0.3, -0.25) is 0 Å². The van der Waals surface area contributed by atoms with Crippen LogP contribution in [0.1, 0.15) is 64.5 Å². The first-order chi connectivity index (χ1) is 14.6. The number of unbranched alkanes of at least 4 members (excludes halogenated alkanes) is 2. The number of aryl methyl sites for hydroxylation is 2. The van der Waals surface area contributed by atoms with Crippen LogP contribution in [-0.2, 0) is 32.8 Å². The van der Waals surface area contributed by atoms with Crippen molar-refractivity contribution in [2.24, 2.45) is 0 Å². The maximum absolute atomic E-state index is 2.26. The molecule has 0 aromatic heterocycles. The molecule has 0 bridgehead atoms. The Bertz CT molecular complexity index is 944. The van der Waals surface area contributed by atoms with Crippen molar-refractivity contribution in [3.8, 4) is 0 Å². The minimum atomic E-state index is 0. The molecule has 0 nitrogen and oxygen atoms in total. The van der Waals surface area contributed by atoms with Gasteiger partial charge in [-0.1, -0.05) is 64.5 Å². The van der Waals surface area contributed by atoms with Crippen LogP contribution in [0.5, 0.6) is 0 Å². The molecule has 0 spiro atoms. The minimum Gasteiger partial charge on any atom is -1.00 e. The summed E-state index contributed by atoms with van der Waals surface area (Å²) in [6, 6.07) is 26.2. The smallest absolute Gasteiger partial charge is 1.00 e. The summed E-state index contributed by atoms with van der Waals surface area (Å²) in [6.45, 7) is 8.65. The van der Waals surface area contributed by atoms with Crippen molar-refractivity contribution in [2.75, 3.05) is 0 Å². The second-order valence-electron chi connectivity index (χ2n) is 8.10. The van der Waals surface area contributed by atoms with Gasteiger partial charge in [0.15, 0.2) is 0 Å². The van der Waals surface area contributed by atoms with Gasteiger partial charge < -0.3 is 24.8 Å².